The zero-order valence-electron chi connectivity index (χ0n) is 20.1. The molecule has 6 aromatic rings. The maximum Gasteiger partial charge on any atom is 0.155 e. The molecule has 0 saturated heterocycles. The van der Waals surface area contributed by atoms with Crippen LogP contribution in [0.2, 0.25) is 0 Å². The Morgan fingerprint density at radius 1 is 0.861 bits per heavy atom. The number of rotatable bonds is 2. The molecule has 0 aliphatic rings. The average molecular weight is 667 g/mol. The third kappa shape index (κ3) is 4.96. The minimum atomic E-state index is -0.125. The molecule has 181 valence electrons. The first-order valence-corrected chi connectivity index (χ1v) is 12.2. The molecule has 0 amide bonds. The van der Waals surface area contributed by atoms with Gasteiger partial charge >= 0.3 is 0 Å². The van der Waals surface area contributed by atoms with Crippen molar-refractivity contribution >= 4 is 59.0 Å². The van der Waals surface area contributed by atoms with Gasteiger partial charge in [0.2, 0.25) is 0 Å². The fourth-order valence-electron chi connectivity index (χ4n) is 4.41. The van der Waals surface area contributed by atoms with E-state index in [1.807, 2.05) is 11.3 Å². The van der Waals surface area contributed by atoms with Crippen molar-refractivity contribution in [3.63, 3.8) is 0 Å². The van der Waals surface area contributed by atoms with Crippen LogP contribution < -0.4 is 0 Å². The number of para-hydroxylation sites is 1. The summed E-state index contributed by atoms with van der Waals surface area (Å²) in [5, 5.41) is 14.8. The molecule has 0 saturated carbocycles. The summed E-state index contributed by atoms with van der Waals surface area (Å²) in [6, 6.07) is 31.4. The molecule has 0 aliphatic carbocycles. The zero-order chi connectivity index (χ0) is 24.5. The number of hydrogen-bond acceptors (Lipinski definition) is 4. The van der Waals surface area contributed by atoms with Gasteiger partial charge in [-0.05, 0) is 30.7 Å². The molecule has 2 aromatic heterocycles. The van der Waals surface area contributed by atoms with Crippen molar-refractivity contribution in [2.75, 3.05) is 0 Å². The van der Waals surface area contributed by atoms with Crippen molar-refractivity contribution in [3.8, 4) is 11.3 Å². The number of pyridine rings is 1. The second-order valence-corrected chi connectivity index (χ2v) is 9.61. The summed E-state index contributed by atoms with van der Waals surface area (Å²) < 4.78 is 2.58. The number of aryl methyl sites for hydroxylation is 1. The molecule has 36 heavy (non-hydrogen) atoms. The van der Waals surface area contributed by atoms with Gasteiger partial charge in [0, 0.05) is 57.4 Å². The summed E-state index contributed by atoms with van der Waals surface area (Å²) >= 11 is 1.85. The number of carbonyl (C=O) groups is 1. The number of benzene rings is 4. The van der Waals surface area contributed by atoms with Crippen LogP contribution >= 0.6 is 11.3 Å². The van der Waals surface area contributed by atoms with E-state index < -0.39 is 0 Å². The van der Waals surface area contributed by atoms with Gasteiger partial charge < -0.3 is 5.11 Å². The normalized spacial score (nSPS) is 11.4. The van der Waals surface area contributed by atoms with Crippen molar-refractivity contribution in [1.29, 1.82) is 0 Å². The van der Waals surface area contributed by atoms with Crippen LogP contribution in [-0.2, 0) is 24.9 Å². The monoisotopic (exact) mass is 667 g/mol. The van der Waals surface area contributed by atoms with Gasteiger partial charge in [-0.1, -0.05) is 61.5 Å². The van der Waals surface area contributed by atoms with Crippen molar-refractivity contribution in [2.45, 2.75) is 20.8 Å². The molecule has 4 aromatic carbocycles. The third-order valence-corrected chi connectivity index (χ3v) is 7.05. The summed E-state index contributed by atoms with van der Waals surface area (Å²) in [6.45, 7) is 4.93. The Morgan fingerprint density at radius 3 is 2.28 bits per heavy atom. The van der Waals surface area contributed by atoms with E-state index in [4.69, 9.17) is 10.1 Å². The molecule has 6 rings (SSSR count). The first-order valence-electron chi connectivity index (χ1n) is 11.4. The van der Waals surface area contributed by atoms with Gasteiger partial charge in [0.1, 0.15) is 0 Å². The molecule has 0 bridgehead atoms. The molecule has 1 N–H and O–H groups in total. The van der Waals surface area contributed by atoms with Gasteiger partial charge in [-0.3, -0.25) is 9.78 Å². The molecule has 2 heterocycles. The number of fused-ring (bicyclic) bond motifs is 7. The fraction of sp³-hybridized carbons (Fsp3) is 0.0968. The average Bonchev–Trinajstić information content (AvgIpc) is 3.23. The molecule has 5 heteroatoms. The molecule has 0 atom stereocenters. The van der Waals surface area contributed by atoms with Crippen LogP contribution in [0, 0.1) is 13.0 Å². The van der Waals surface area contributed by atoms with Crippen LogP contribution in [0.3, 0.4) is 0 Å². The second-order valence-electron chi connectivity index (χ2n) is 8.59. The molecular formula is C31H24IrNO2S-. The van der Waals surface area contributed by atoms with E-state index in [1.165, 1.54) is 56.3 Å². The van der Waals surface area contributed by atoms with Crippen molar-refractivity contribution in [1.82, 2.24) is 4.98 Å². The van der Waals surface area contributed by atoms with Crippen LogP contribution in [0.15, 0.2) is 90.7 Å². The zero-order valence-corrected chi connectivity index (χ0v) is 23.3. The van der Waals surface area contributed by atoms with Gasteiger partial charge in [0.05, 0.1) is 11.3 Å². The van der Waals surface area contributed by atoms with Crippen molar-refractivity contribution in [2.24, 2.45) is 0 Å². The van der Waals surface area contributed by atoms with Gasteiger partial charge in [0.25, 0.3) is 0 Å². The number of thiophene rings is 1. The smallest absolute Gasteiger partial charge is 0.155 e. The maximum atomic E-state index is 10.0. The summed E-state index contributed by atoms with van der Waals surface area (Å²) in [5.41, 5.74) is 4.26. The number of carbonyl (C=O) groups excluding carboxylic acids is 1. The predicted molar refractivity (Wildman–Crippen MR) is 148 cm³/mol. The van der Waals surface area contributed by atoms with Crippen LogP contribution in [0.5, 0.6) is 0 Å². The minimum absolute atomic E-state index is 0. The summed E-state index contributed by atoms with van der Waals surface area (Å²) in [5.74, 6) is -0.0625. The molecule has 1 radical (unpaired) electrons. The number of aromatic nitrogens is 1. The Hall–Kier alpha value is -3.37. The van der Waals surface area contributed by atoms with Gasteiger partial charge in [-0.2, -0.15) is 0 Å². The summed E-state index contributed by atoms with van der Waals surface area (Å²) in [7, 11) is 0. The van der Waals surface area contributed by atoms with Gasteiger partial charge in [-0.25, -0.2) is 0 Å². The van der Waals surface area contributed by atoms with Crippen LogP contribution in [0.1, 0.15) is 19.4 Å². The number of nitrogens with zero attached hydrogens (tertiary/aromatic N) is 1. The maximum absolute atomic E-state index is 10.0. The second kappa shape index (κ2) is 10.7. The first kappa shape index (κ1) is 25.7. The third-order valence-electron chi connectivity index (χ3n) is 5.81. The van der Waals surface area contributed by atoms with E-state index in [0.29, 0.717) is 0 Å². The predicted octanol–water partition coefficient (Wildman–Crippen LogP) is 8.57. The number of ketones is 1. The standard InChI is InChI=1S/C26H16NS.C5H8O2.Ir/c1-16-7-6-9-18(15-16)24-26-23(20-11-4-5-12-22(20)27-24)21-14-13-17-8-2-3-10-19(17)25(21)28-26;1-4(6)3-5(2)7;/h2-14H,1H3;3,6H,1-2H3;/q-1;;/b;4-3-;. The molecule has 0 spiro atoms. The molecule has 0 unspecified atom stereocenters. The molecule has 0 fully saturated rings. The molecule has 3 nitrogen and oxygen atoms in total. The number of allylic oxidation sites excluding steroid dienone is 2. The van der Waals surface area contributed by atoms with Crippen LogP contribution in [-0.4, -0.2) is 15.9 Å². The van der Waals surface area contributed by atoms with E-state index in [1.54, 1.807) is 0 Å². The van der Waals surface area contributed by atoms with Crippen LogP contribution in [0.4, 0.5) is 0 Å². The van der Waals surface area contributed by atoms with E-state index >= 15 is 0 Å². The fourth-order valence-corrected chi connectivity index (χ4v) is 5.77. The van der Waals surface area contributed by atoms with Crippen molar-refractivity contribution in [3.05, 3.63) is 102 Å². The molecule has 0 aliphatic heterocycles. The number of hydrogen-bond donors (Lipinski definition) is 1. The Morgan fingerprint density at radius 2 is 1.58 bits per heavy atom. The summed E-state index contributed by atoms with van der Waals surface area (Å²) in [4.78, 5) is 15.1. The van der Waals surface area contributed by atoms with E-state index in [-0.39, 0.29) is 31.6 Å². The first-order chi connectivity index (χ1) is 16.9. The van der Waals surface area contributed by atoms with Gasteiger partial charge in [0.15, 0.2) is 5.78 Å². The Labute approximate surface area is 227 Å². The largest absolute Gasteiger partial charge is 0.512 e. The van der Waals surface area contributed by atoms with Crippen LogP contribution in [0.25, 0.3) is 53.1 Å². The number of aliphatic hydroxyl groups is 1. The van der Waals surface area contributed by atoms with E-state index in [2.05, 4.69) is 91.9 Å². The Kier molecular flexibility index (Phi) is 7.65. The summed E-state index contributed by atoms with van der Waals surface area (Å²) in [6.07, 6.45) is 1.17. The quantitative estimate of drug-likeness (QED) is 0.115. The Balaban J connectivity index is 0.000000338. The van der Waals surface area contributed by atoms with Gasteiger partial charge in [-0.15, -0.1) is 46.7 Å². The Bertz CT molecular complexity index is 1760. The van der Waals surface area contributed by atoms with Crippen molar-refractivity contribution < 1.29 is 30.0 Å². The minimum Gasteiger partial charge on any atom is -0.512 e. The SMILES string of the molecule is CC(=O)/C=C(/C)O.Cc1[c-]c(-c2nc3ccccc3c3c2sc2c4ccccc4ccc23)ccc1.[Ir]. The van der Waals surface area contributed by atoms with E-state index in [0.717, 1.165) is 22.3 Å². The number of aliphatic hydroxyl groups excluding tert-OH is 1. The molecular weight excluding hydrogens is 643 g/mol. The topological polar surface area (TPSA) is 50.2 Å². The van der Waals surface area contributed by atoms with E-state index in [9.17, 15) is 4.79 Å².